The molecule has 0 atom stereocenters. The lowest BCUT2D eigenvalue weighted by atomic mass is 10.1. The molecule has 7 nitrogen and oxygen atoms in total. The third-order valence-electron chi connectivity index (χ3n) is 5.21. The van der Waals surface area contributed by atoms with E-state index in [-0.39, 0.29) is 5.91 Å². The predicted octanol–water partition coefficient (Wildman–Crippen LogP) is 6.10. The molecule has 3 aromatic carbocycles. The number of anilines is 2. The molecule has 1 aromatic heterocycles. The molecule has 0 saturated carbocycles. The molecule has 1 amide bonds. The first kappa shape index (κ1) is 24.1. The van der Waals surface area contributed by atoms with Gasteiger partial charge in [-0.3, -0.25) is 9.69 Å². The van der Waals surface area contributed by atoms with Crippen LogP contribution < -0.4 is 23.8 Å². The second-order valence-corrected chi connectivity index (χ2v) is 8.37. The fourth-order valence-electron chi connectivity index (χ4n) is 3.59. The molecule has 0 bridgehead atoms. The topological polar surface area (TPSA) is 70.1 Å². The summed E-state index contributed by atoms with van der Waals surface area (Å²) in [5.74, 6) is 1.99. The van der Waals surface area contributed by atoms with Crippen molar-refractivity contribution in [3.05, 3.63) is 72.3 Å². The fourth-order valence-corrected chi connectivity index (χ4v) is 4.58. The minimum Gasteiger partial charge on any atom is -0.494 e. The van der Waals surface area contributed by atoms with Gasteiger partial charge in [0, 0.05) is 6.08 Å². The highest BCUT2D eigenvalue weighted by Crippen LogP contribution is 2.39. The number of ether oxygens (including phenoxy) is 4. The maximum Gasteiger partial charge on any atom is 0.257 e. The number of thiazole rings is 1. The quantitative estimate of drug-likeness (QED) is 0.264. The molecule has 0 radical (unpaired) electrons. The second kappa shape index (κ2) is 10.9. The van der Waals surface area contributed by atoms with Crippen molar-refractivity contribution in [1.29, 1.82) is 0 Å². The van der Waals surface area contributed by atoms with Crippen molar-refractivity contribution in [2.24, 2.45) is 0 Å². The van der Waals surface area contributed by atoms with Crippen molar-refractivity contribution < 1.29 is 23.7 Å². The highest BCUT2D eigenvalue weighted by molar-refractivity contribution is 7.22. The molecule has 35 heavy (non-hydrogen) atoms. The summed E-state index contributed by atoms with van der Waals surface area (Å²) in [4.78, 5) is 19.8. The van der Waals surface area contributed by atoms with Crippen LogP contribution in [-0.4, -0.2) is 38.8 Å². The minimum absolute atomic E-state index is 0.248. The van der Waals surface area contributed by atoms with E-state index < -0.39 is 0 Å². The third kappa shape index (κ3) is 5.22. The van der Waals surface area contributed by atoms with E-state index in [9.17, 15) is 4.79 Å². The summed E-state index contributed by atoms with van der Waals surface area (Å²) in [6.07, 6.45) is 3.21. The van der Waals surface area contributed by atoms with Crippen molar-refractivity contribution in [1.82, 2.24) is 4.98 Å². The van der Waals surface area contributed by atoms with Crippen molar-refractivity contribution in [2.45, 2.75) is 6.92 Å². The van der Waals surface area contributed by atoms with Gasteiger partial charge in [0.2, 0.25) is 5.75 Å². The number of hydrogen-bond donors (Lipinski definition) is 0. The van der Waals surface area contributed by atoms with Crippen molar-refractivity contribution in [3.8, 4) is 23.0 Å². The van der Waals surface area contributed by atoms with Gasteiger partial charge in [0.25, 0.3) is 5.91 Å². The van der Waals surface area contributed by atoms with Crippen LogP contribution in [0.5, 0.6) is 23.0 Å². The lowest BCUT2D eigenvalue weighted by molar-refractivity contribution is -0.113. The van der Waals surface area contributed by atoms with E-state index in [0.717, 1.165) is 21.5 Å². The summed E-state index contributed by atoms with van der Waals surface area (Å²) in [6.45, 7) is 2.50. The molecular weight excluding hydrogens is 464 g/mol. The number of methoxy groups -OCH3 is 3. The van der Waals surface area contributed by atoms with Gasteiger partial charge in [-0.2, -0.15) is 0 Å². The zero-order chi connectivity index (χ0) is 24.8. The zero-order valence-corrected chi connectivity index (χ0v) is 20.8. The van der Waals surface area contributed by atoms with Gasteiger partial charge in [0.15, 0.2) is 16.6 Å². The summed E-state index contributed by atoms with van der Waals surface area (Å²) in [5.41, 5.74) is 2.25. The Bertz CT molecular complexity index is 1290. The Morgan fingerprint density at radius 3 is 2.26 bits per heavy atom. The number of aromatic nitrogens is 1. The molecule has 180 valence electrons. The monoisotopic (exact) mass is 490 g/mol. The lowest BCUT2D eigenvalue weighted by Crippen LogP contribution is -2.23. The maximum absolute atomic E-state index is 13.5. The SMILES string of the molecule is CCOc1ccc(N(C(=O)/C=C/c2cc(OC)c(OC)c(OC)c2)c2nc3ccccc3s2)cc1. The Morgan fingerprint density at radius 2 is 1.66 bits per heavy atom. The second-order valence-electron chi connectivity index (χ2n) is 7.36. The number of para-hydroxylation sites is 1. The molecule has 0 spiro atoms. The molecule has 1 heterocycles. The van der Waals surface area contributed by atoms with Crippen LogP contribution in [0.3, 0.4) is 0 Å². The van der Waals surface area contributed by atoms with Crippen LogP contribution in [0.25, 0.3) is 16.3 Å². The zero-order valence-electron chi connectivity index (χ0n) is 20.0. The number of amides is 1. The smallest absolute Gasteiger partial charge is 0.257 e. The maximum atomic E-state index is 13.5. The summed E-state index contributed by atoms with van der Waals surface area (Å²) in [7, 11) is 4.65. The molecule has 0 saturated heterocycles. The average molecular weight is 491 g/mol. The Morgan fingerprint density at radius 1 is 0.971 bits per heavy atom. The number of hydrogen-bond acceptors (Lipinski definition) is 7. The largest absolute Gasteiger partial charge is 0.494 e. The standard InChI is InChI=1S/C27H26N2O5S/c1-5-34-20-13-11-19(12-14-20)29(27-28-21-8-6-7-9-24(21)35-27)25(30)15-10-18-16-22(31-2)26(33-4)23(17-18)32-3/h6-17H,5H2,1-4H3/b15-10+. The van der Waals surface area contributed by atoms with Gasteiger partial charge in [-0.25, -0.2) is 4.98 Å². The van der Waals surface area contributed by atoms with E-state index >= 15 is 0 Å². The Balaban J connectivity index is 1.72. The molecule has 8 heteroatoms. The normalized spacial score (nSPS) is 11.0. The lowest BCUT2D eigenvalue weighted by Gasteiger charge is -2.19. The van der Waals surface area contributed by atoms with Gasteiger partial charge in [0.05, 0.1) is 43.8 Å². The van der Waals surface area contributed by atoms with Gasteiger partial charge in [-0.15, -0.1) is 0 Å². The van der Waals surface area contributed by atoms with E-state index in [1.165, 1.54) is 17.4 Å². The van der Waals surface area contributed by atoms with Gasteiger partial charge in [0.1, 0.15) is 5.75 Å². The first-order valence-electron chi connectivity index (χ1n) is 11.0. The van der Waals surface area contributed by atoms with Crippen molar-refractivity contribution >= 4 is 44.4 Å². The molecule has 0 aliphatic heterocycles. The summed E-state index contributed by atoms with van der Waals surface area (Å²) in [5, 5.41) is 0.579. The molecule has 0 N–H and O–H groups in total. The van der Waals surface area contributed by atoms with Gasteiger partial charge in [-0.1, -0.05) is 23.5 Å². The number of benzene rings is 3. The highest BCUT2D eigenvalue weighted by atomic mass is 32.1. The third-order valence-corrected chi connectivity index (χ3v) is 6.23. The predicted molar refractivity (Wildman–Crippen MR) is 140 cm³/mol. The average Bonchev–Trinajstić information content (AvgIpc) is 3.31. The highest BCUT2D eigenvalue weighted by Gasteiger charge is 2.20. The molecule has 0 aliphatic carbocycles. The van der Waals surface area contributed by atoms with Crippen LogP contribution >= 0.6 is 11.3 Å². The Kier molecular flexibility index (Phi) is 7.52. The number of rotatable bonds is 9. The van der Waals surface area contributed by atoms with E-state index in [4.69, 9.17) is 23.9 Å². The summed E-state index contributed by atoms with van der Waals surface area (Å²) < 4.78 is 22.8. The molecule has 0 unspecified atom stereocenters. The van der Waals surface area contributed by atoms with Gasteiger partial charge in [-0.05, 0) is 67.1 Å². The van der Waals surface area contributed by atoms with Crippen LogP contribution in [0.2, 0.25) is 0 Å². The number of fused-ring (bicyclic) bond motifs is 1. The van der Waals surface area contributed by atoms with Crippen LogP contribution in [0.4, 0.5) is 10.8 Å². The van der Waals surface area contributed by atoms with E-state index in [2.05, 4.69) is 0 Å². The minimum atomic E-state index is -0.248. The number of carbonyl (C=O) groups excluding carboxylic acids is 1. The van der Waals surface area contributed by atoms with Gasteiger partial charge >= 0.3 is 0 Å². The van der Waals surface area contributed by atoms with Crippen molar-refractivity contribution in [3.63, 3.8) is 0 Å². The summed E-state index contributed by atoms with van der Waals surface area (Å²) in [6, 6.07) is 18.8. The molecule has 0 aliphatic rings. The first-order valence-corrected chi connectivity index (χ1v) is 11.8. The Labute approximate surface area is 208 Å². The van der Waals surface area contributed by atoms with Gasteiger partial charge < -0.3 is 18.9 Å². The molecule has 0 fully saturated rings. The van der Waals surface area contributed by atoms with Crippen molar-refractivity contribution in [2.75, 3.05) is 32.8 Å². The number of nitrogens with zero attached hydrogens (tertiary/aromatic N) is 2. The van der Waals surface area contributed by atoms with E-state index in [1.54, 1.807) is 44.4 Å². The van der Waals surface area contributed by atoms with Crippen LogP contribution in [0.1, 0.15) is 12.5 Å². The molecule has 4 aromatic rings. The van der Waals surface area contributed by atoms with E-state index in [0.29, 0.717) is 34.7 Å². The molecule has 4 rings (SSSR count). The molecular formula is C27H26N2O5S. The van der Waals surface area contributed by atoms with Crippen LogP contribution in [0, 0.1) is 0 Å². The van der Waals surface area contributed by atoms with Crippen LogP contribution in [-0.2, 0) is 4.79 Å². The van der Waals surface area contributed by atoms with E-state index in [1.807, 2.05) is 55.5 Å². The summed E-state index contributed by atoms with van der Waals surface area (Å²) >= 11 is 1.45. The number of carbonyl (C=O) groups is 1. The first-order chi connectivity index (χ1) is 17.1. The fraction of sp³-hybridized carbons (Fsp3) is 0.185. The Hall–Kier alpha value is -4.04. The van der Waals surface area contributed by atoms with Crippen LogP contribution in [0.15, 0.2) is 66.7 Å².